The minimum absolute atomic E-state index is 0.283. The molecule has 0 fully saturated rings. The van der Waals surface area contributed by atoms with E-state index >= 15 is 0 Å². The number of carbonyl (C=O) groups is 1. The number of rotatable bonds is 3. The van der Waals surface area contributed by atoms with Crippen LogP contribution in [-0.2, 0) is 13.5 Å². The average molecular weight is 279 g/mol. The Hall–Kier alpha value is -2.01. The monoisotopic (exact) mass is 278 g/mol. The van der Waals surface area contributed by atoms with Gasteiger partial charge in [0.15, 0.2) is 0 Å². The van der Waals surface area contributed by atoms with Crippen molar-refractivity contribution in [2.24, 2.45) is 7.05 Å². The Balaban J connectivity index is 2.28. The van der Waals surface area contributed by atoms with Crippen molar-refractivity contribution in [1.29, 1.82) is 0 Å². The SMILES string of the molecule is CCc1cc(C(=O)Nc2c(N)cccc2Cl)n(C)n1. The molecule has 0 radical (unpaired) electrons. The zero-order chi connectivity index (χ0) is 14.0. The number of nitrogens with zero attached hydrogens (tertiary/aromatic N) is 2. The number of para-hydroxylation sites is 1. The van der Waals surface area contributed by atoms with E-state index in [1.807, 2.05) is 6.92 Å². The molecule has 1 aromatic carbocycles. The van der Waals surface area contributed by atoms with Crippen LogP contribution in [0.25, 0.3) is 0 Å². The zero-order valence-corrected chi connectivity index (χ0v) is 11.5. The van der Waals surface area contributed by atoms with Crippen LogP contribution in [0.2, 0.25) is 5.02 Å². The number of nitrogens with two attached hydrogens (primary N) is 1. The maximum absolute atomic E-state index is 12.2. The normalized spacial score (nSPS) is 10.5. The second kappa shape index (κ2) is 5.32. The van der Waals surface area contributed by atoms with Gasteiger partial charge in [-0.15, -0.1) is 0 Å². The van der Waals surface area contributed by atoms with Crippen LogP contribution in [0, 0.1) is 0 Å². The van der Waals surface area contributed by atoms with E-state index in [9.17, 15) is 4.79 Å². The van der Waals surface area contributed by atoms with Crippen molar-refractivity contribution in [3.8, 4) is 0 Å². The molecule has 0 aliphatic heterocycles. The molecule has 0 saturated heterocycles. The number of nitrogens with one attached hydrogen (secondary N) is 1. The second-order valence-corrected chi connectivity index (χ2v) is 4.56. The first-order valence-electron chi connectivity index (χ1n) is 5.91. The Morgan fingerprint density at radius 3 is 2.84 bits per heavy atom. The van der Waals surface area contributed by atoms with E-state index in [0.717, 1.165) is 12.1 Å². The Morgan fingerprint density at radius 1 is 1.53 bits per heavy atom. The highest BCUT2D eigenvalue weighted by Gasteiger charge is 2.15. The lowest BCUT2D eigenvalue weighted by molar-refractivity contribution is 0.101. The predicted molar refractivity (Wildman–Crippen MR) is 76.4 cm³/mol. The molecule has 0 bridgehead atoms. The van der Waals surface area contributed by atoms with Crippen molar-refractivity contribution in [3.05, 3.63) is 40.7 Å². The van der Waals surface area contributed by atoms with Gasteiger partial charge in [-0.1, -0.05) is 24.6 Å². The standard InChI is InChI=1S/C13H15ClN4O/c1-3-8-7-11(18(2)17-8)13(19)16-12-9(14)5-4-6-10(12)15/h4-7H,3,15H2,1-2H3,(H,16,19). The molecule has 0 aliphatic rings. The van der Waals surface area contributed by atoms with Crippen molar-refractivity contribution in [2.75, 3.05) is 11.1 Å². The summed E-state index contributed by atoms with van der Waals surface area (Å²) in [6.07, 6.45) is 0.773. The molecule has 19 heavy (non-hydrogen) atoms. The van der Waals surface area contributed by atoms with Gasteiger partial charge in [0, 0.05) is 7.05 Å². The minimum Gasteiger partial charge on any atom is -0.397 e. The molecule has 0 spiro atoms. The molecule has 2 rings (SSSR count). The lowest BCUT2D eigenvalue weighted by Crippen LogP contribution is -2.17. The summed E-state index contributed by atoms with van der Waals surface area (Å²) < 4.78 is 1.54. The number of benzene rings is 1. The number of aryl methyl sites for hydroxylation is 2. The van der Waals surface area contributed by atoms with Gasteiger partial charge in [-0.2, -0.15) is 5.10 Å². The molecular weight excluding hydrogens is 264 g/mol. The van der Waals surface area contributed by atoms with E-state index in [1.165, 1.54) is 0 Å². The number of nitrogen functional groups attached to an aromatic ring is 1. The van der Waals surface area contributed by atoms with E-state index in [1.54, 1.807) is 36.0 Å². The van der Waals surface area contributed by atoms with Crippen LogP contribution in [-0.4, -0.2) is 15.7 Å². The van der Waals surface area contributed by atoms with Crippen molar-refractivity contribution in [1.82, 2.24) is 9.78 Å². The summed E-state index contributed by atoms with van der Waals surface area (Å²) in [7, 11) is 1.73. The highest BCUT2D eigenvalue weighted by Crippen LogP contribution is 2.28. The largest absolute Gasteiger partial charge is 0.397 e. The lowest BCUT2D eigenvalue weighted by Gasteiger charge is -2.09. The first kappa shape index (κ1) is 13.4. The molecule has 0 unspecified atom stereocenters. The molecule has 1 heterocycles. The fraction of sp³-hybridized carbons (Fsp3) is 0.231. The molecule has 0 saturated carbocycles. The van der Waals surface area contributed by atoms with E-state index in [0.29, 0.717) is 22.1 Å². The third-order valence-corrected chi connectivity index (χ3v) is 3.12. The first-order chi connectivity index (χ1) is 9.02. The average Bonchev–Trinajstić information content (AvgIpc) is 2.75. The van der Waals surface area contributed by atoms with E-state index in [2.05, 4.69) is 10.4 Å². The van der Waals surface area contributed by atoms with E-state index < -0.39 is 0 Å². The second-order valence-electron chi connectivity index (χ2n) is 4.16. The quantitative estimate of drug-likeness (QED) is 0.847. The fourth-order valence-electron chi connectivity index (χ4n) is 1.76. The maximum Gasteiger partial charge on any atom is 0.274 e. The Kier molecular flexibility index (Phi) is 3.76. The maximum atomic E-state index is 12.2. The van der Waals surface area contributed by atoms with Crippen LogP contribution in [0.5, 0.6) is 0 Å². The summed E-state index contributed by atoms with van der Waals surface area (Å²) in [4.78, 5) is 12.2. The van der Waals surface area contributed by atoms with Gasteiger partial charge in [0.25, 0.3) is 5.91 Å². The number of amides is 1. The molecule has 0 atom stereocenters. The Bertz CT molecular complexity index is 601. The van der Waals surface area contributed by atoms with Crippen molar-refractivity contribution >= 4 is 28.9 Å². The van der Waals surface area contributed by atoms with Crippen LogP contribution in [0.15, 0.2) is 24.3 Å². The summed E-state index contributed by atoms with van der Waals surface area (Å²) >= 11 is 6.02. The van der Waals surface area contributed by atoms with Crippen molar-refractivity contribution < 1.29 is 4.79 Å². The van der Waals surface area contributed by atoms with E-state index in [-0.39, 0.29) is 5.91 Å². The summed E-state index contributed by atoms with van der Waals surface area (Å²) in [6, 6.07) is 6.84. The van der Waals surface area contributed by atoms with Gasteiger partial charge >= 0.3 is 0 Å². The highest BCUT2D eigenvalue weighted by molar-refractivity contribution is 6.34. The minimum atomic E-state index is -0.283. The topological polar surface area (TPSA) is 72.9 Å². The lowest BCUT2D eigenvalue weighted by atomic mass is 10.2. The molecule has 5 nitrogen and oxygen atoms in total. The van der Waals surface area contributed by atoms with Gasteiger partial charge in [-0.25, -0.2) is 0 Å². The van der Waals surface area contributed by atoms with Gasteiger partial charge in [-0.3, -0.25) is 9.48 Å². The van der Waals surface area contributed by atoms with Crippen LogP contribution in [0.3, 0.4) is 0 Å². The first-order valence-corrected chi connectivity index (χ1v) is 6.29. The molecule has 2 aromatic rings. The molecule has 6 heteroatoms. The number of anilines is 2. The molecule has 3 N–H and O–H groups in total. The number of hydrogen-bond donors (Lipinski definition) is 2. The van der Waals surface area contributed by atoms with Gasteiger partial charge in [-0.05, 0) is 24.6 Å². The Morgan fingerprint density at radius 2 is 2.26 bits per heavy atom. The van der Waals surface area contributed by atoms with Crippen molar-refractivity contribution in [2.45, 2.75) is 13.3 Å². The number of carbonyl (C=O) groups excluding carboxylic acids is 1. The summed E-state index contributed by atoms with van der Waals surface area (Å²) in [5.41, 5.74) is 7.98. The van der Waals surface area contributed by atoms with Gasteiger partial charge in [0.05, 0.1) is 22.1 Å². The molecule has 100 valence electrons. The third-order valence-electron chi connectivity index (χ3n) is 2.81. The number of hydrogen-bond acceptors (Lipinski definition) is 3. The zero-order valence-electron chi connectivity index (χ0n) is 10.8. The summed E-state index contributed by atoms with van der Waals surface area (Å²) in [5, 5.41) is 7.35. The smallest absolute Gasteiger partial charge is 0.274 e. The van der Waals surface area contributed by atoms with Crippen LogP contribution < -0.4 is 11.1 Å². The predicted octanol–water partition coefficient (Wildman–Crippen LogP) is 2.47. The summed E-state index contributed by atoms with van der Waals surface area (Å²) in [6.45, 7) is 1.98. The van der Waals surface area contributed by atoms with Gasteiger partial charge in [0.2, 0.25) is 0 Å². The van der Waals surface area contributed by atoms with Crippen molar-refractivity contribution in [3.63, 3.8) is 0 Å². The molecule has 0 aliphatic carbocycles. The van der Waals surface area contributed by atoms with Crippen LogP contribution in [0.1, 0.15) is 23.1 Å². The van der Waals surface area contributed by atoms with E-state index in [4.69, 9.17) is 17.3 Å². The fourth-order valence-corrected chi connectivity index (χ4v) is 1.99. The Labute approximate surface area is 116 Å². The van der Waals surface area contributed by atoms with Crippen LogP contribution >= 0.6 is 11.6 Å². The van der Waals surface area contributed by atoms with Gasteiger partial charge < -0.3 is 11.1 Å². The van der Waals surface area contributed by atoms with Gasteiger partial charge in [0.1, 0.15) is 5.69 Å². The molecule has 1 aromatic heterocycles. The highest BCUT2D eigenvalue weighted by atomic mass is 35.5. The summed E-state index contributed by atoms with van der Waals surface area (Å²) in [5.74, 6) is -0.283. The third kappa shape index (κ3) is 2.71. The molecular formula is C13H15ClN4O. The molecule has 1 amide bonds. The van der Waals surface area contributed by atoms with Crippen LogP contribution in [0.4, 0.5) is 11.4 Å². The number of halogens is 1. The number of aromatic nitrogens is 2.